The van der Waals surface area contributed by atoms with Gasteiger partial charge in [-0.05, 0) is 131 Å². The van der Waals surface area contributed by atoms with E-state index in [1.54, 1.807) is 0 Å². The van der Waals surface area contributed by atoms with Gasteiger partial charge in [0.2, 0.25) is 0 Å². The van der Waals surface area contributed by atoms with Crippen molar-refractivity contribution in [3.63, 3.8) is 0 Å². The molecule has 0 radical (unpaired) electrons. The van der Waals surface area contributed by atoms with Gasteiger partial charge in [-0.1, -0.05) is 191 Å². The van der Waals surface area contributed by atoms with Crippen LogP contribution in [0.5, 0.6) is 0 Å². The van der Waals surface area contributed by atoms with E-state index in [1.807, 2.05) is 45.3 Å². The van der Waals surface area contributed by atoms with Crippen LogP contribution in [-0.4, -0.2) is 0 Å². The van der Waals surface area contributed by atoms with Crippen LogP contribution in [0.1, 0.15) is 182 Å². The molecule has 60 heavy (non-hydrogen) atoms. The number of thiophene rings is 4. The Morgan fingerprint density at radius 3 is 1.38 bits per heavy atom. The molecular weight excluding hydrogens is 801 g/mol. The molecule has 0 aliphatic rings. The molecule has 0 atom stereocenters. The quantitative estimate of drug-likeness (QED) is 0.165. The lowest BCUT2D eigenvalue weighted by Crippen LogP contribution is -1.85. The summed E-state index contributed by atoms with van der Waals surface area (Å²) in [5.41, 5.74) is 5.81. The molecule has 0 nitrogen and oxygen atoms in total. The summed E-state index contributed by atoms with van der Waals surface area (Å²) >= 11 is 7.29. The van der Waals surface area contributed by atoms with E-state index in [-0.39, 0.29) is 0 Å². The largest absolute Gasteiger partial charge is 0.144 e. The van der Waals surface area contributed by atoms with Crippen molar-refractivity contribution in [2.24, 2.45) is 0 Å². The van der Waals surface area contributed by atoms with Crippen LogP contribution in [0.3, 0.4) is 0 Å². The maximum absolute atomic E-state index is 2.30. The number of hydrogen-bond acceptors (Lipinski definition) is 4. The van der Waals surface area contributed by atoms with E-state index < -0.39 is 0 Å². The van der Waals surface area contributed by atoms with Crippen LogP contribution in [0, 0.1) is 0 Å². The first-order chi connectivity index (χ1) is 28.8. The van der Waals surface area contributed by atoms with Crippen LogP contribution >= 0.6 is 45.3 Å². The highest BCUT2D eigenvalue weighted by Gasteiger charge is 2.06. The minimum Gasteiger partial charge on any atom is -0.144 e. The maximum atomic E-state index is 2.30. The van der Waals surface area contributed by atoms with Crippen molar-refractivity contribution >= 4 is 85.7 Å². The first kappa shape index (κ1) is 54.7. The zero-order chi connectivity index (χ0) is 45.0. The van der Waals surface area contributed by atoms with Gasteiger partial charge in [0.05, 0.1) is 0 Å². The highest BCUT2D eigenvalue weighted by atomic mass is 32.1. The molecule has 0 aliphatic carbocycles. The third-order valence-electron chi connectivity index (χ3n) is 8.57. The summed E-state index contributed by atoms with van der Waals surface area (Å²) in [6.45, 7) is 34.9. The third kappa shape index (κ3) is 19.2. The van der Waals surface area contributed by atoms with Crippen LogP contribution in [0.2, 0.25) is 0 Å². The lowest BCUT2D eigenvalue weighted by Gasteiger charge is -2.05. The van der Waals surface area contributed by atoms with E-state index >= 15 is 0 Å². The summed E-state index contributed by atoms with van der Waals surface area (Å²) in [6, 6.07) is 35.3. The molecule has 4 heterocycles. The first-order valence-corrected chi connectivity index (χ1v) is 26.2. The van der Waals surface area contributed by atoms with Crippen LogP contribution in [0.4, 0.5) is 0 Å². The molecule has 0 bridgehead atoms. The molecule has 4 heteroatoms. The second-order valence-corrected chi connectivity index (χ2v) is 20.0. The van der Waals surface area contributed by atoms with E-state index in [0.29, 0.717) is 23.7 Å². The molecule has 328 valence electrons. The summed E-state index contributed by atoms with van der Waals surface area (Å²) in [6.07, 6.45) is 5.00. The van der Waals surface area contributed by atoms with Crippen molar-refractivity contribution in [1.82, 2.24) is 0 Å². The fraction of sp³-hybridized carbons (Fsp3) is 0.429. The van der Waals surface area contributed by atoms with Crippen molar-refractivity contribution < 1.29 is 0 Å². The van der Waals surface area contributed by atoms with E-state index in [1.165, 1.54) is 88.3 Å². The molecule has 0 saturated carbocycles. The molecule has 0 saturated heterocycles. The summed E-state index contributed by atoms with van der Waals surface area (Å²) in [4.78, 5) is 0. The highest BCUT2D eigenvalue weighted by Crippen LogP contribution is 2.31. The standard InChI is InChI=1S/4C11H12S.4C3H8/c1-8(2)9-3-4-11-10(7-9)5-6-12-11;1-8(2)10-4-3-9-5-6-12-11(9)7-10;1-8(2)9-4-3-5-11-10(9)6-7-12-11;1-8(2)10-5-3-4-9-6-7-12-11(9)10;4*1-3-2/h4*3-8H,1-2H3;4*3H2,1-2H3. The van der Waals surface area contributed by atoms with Crippen LogP contribution in [0.15, 0.2) is 119 Å². The van der Waals surface area contributed by atoms with E-state index in [2.05, 4.69) is 229 Å². The zero-order valence-electron chi connectivity index (χ0n) is 40.3. The van der Waals surface area contributed by atoms with Crippen LogP contribution in [0.25, 0.3) is 40.3 Å². The predicted octanol–water partition coefficient (Wildman–Crippen LogP) is 21.8. The molecule has 8 rings (SSSR count). The van der Waals surface area contributed by atoms with Gasteiger partial charge in [0.25, 0.3) is 0 Å². The van der Waals surface area contributed by atoms with Gasteiger partial charge in [0.15, 0.2) is 0 Å². The van der Waals surface area contributed by atoms with Gasteiger partial charge in [-0.25, -0.2) is 0 Å². The molecule has 8 aromatic rings. The molecule has 4 aromatic heterocycles. The van der Waals surface area contributed by atoms with E-state index in [9.17, 15) is 0 Å². The average molecular weight is 882 g/mol. The molecule has 0 aliphatic heterocycles. The third-order valence-corrected chi connectivity index (χ3v) is 12.2. The van der Waals surface area contributed by atoms with Crippen molar-refractivity contribution in [2.45, 2.75) is 160 Å². The normalized spacial score (nSPS) is 10.2. The summed E-state index contributed by atoms with van der Waals surface area (Å²) < 4.78 is 5.65. The predicted molar refractivity (Wildman–Crippen MR) is 288 cm³/mol. The summed E-state index contributed by atoms with van der Waals surface area (Å²) in [7, 11) is 0. The number of benzene rings is 4. The van der Waals surface area contributed by atoms with Gasteiger partial charge in [-0.15, -0.1) is 45.3 Å². The average Bonchev–Trinajstić information content (AvgIpc) is 4.06. The lowest BCUT2D eigenvalue weighted by atomic mass is 10.00. The Morgan fingerprint density at radius 1 is 0.350 bits per heavy atom. The van der Waals surface area contributed by atoms with Crippen molar-refractivity contribution in [2.75, 3.05) is 0 Å². The van der Waals surface area contributed by atoms with Gasteiger partial charge in [0.1, 0.15) is 0 Å². The van der Waals surface area contributed by atoms with Crippen molar-refractivity contribution in [3.05, 3.63) is 141 Å². The second-order valence-electron chi connectivity index (χ2n) is 16.2. The number of rotatable bonds is 4. The number of hydrogen-bond donors (Lipinski definition) is 0. The molecular formula is C56H80S4. The van der Waals surface area contributed by atoms with Crippen molar-refractivity contribution in [1.29, 1.82) is 0 Å². The summed E-state index contributed by atoms with van der Waals surface area (Å²) in [5.74, 6) is 2.53. The molecule has 4 aromatic carbocycles. The minimum atomic E-state index is 0.628. The highest BCUT2D eigenvalue weighted by molar-refractivity contribution is 7.18. The Labute approximate surface area is 384 Å². The molecule has 0 amide bonds. The van der Waals surface area contributed by atoms with Gasteiger partial charge >= 0.3 is 0 Å². The van der Waals surface area contributed by atoms with Crippen LogP contribution < -0.4 is 0 Å². The Hall–Kier alpha value is -3.28. The fourth-order valence-electron chi connectivity index (χ4n) is 5.67. The lowest BCUT2D eigenvalue weighted by molar-refractivity contribution is 0.869. The zero-order valence-corrected chi connectivity index (χ0v) is 43.6. The van der Waals surface area contributed by atoms with Gasteiger partial charge in [0, 0.05) is 18.8 Å². The fourth-order valence-corrected chi connectivity index (χ4v) is 9.16. The SMILES string of the molecule is CC(C)c1ccc2ccsc2c1.CC(C)c1ccc2sccc2c1.CC(C)c1cccc2ccsc12.CC(C)c1cccc2sccc12.CCC.CCC.CCC.CCC. The Kier molecular flexibility index (Phi) is 28.8. The summed E-state index contributed by atoms with van der Waals surface area (Å²) in [5, 5.41) is 14.2. The van der Waals surface area contributed by atoms with E-state index in [4.69, 9.17) is 0 Å². The molecule has 0 unspecified atom stereocenters. The van der Waals surface area contributed by atoms with Crippen LogP contribution in [-0.2, 0) is 0 Å². The van der Waals surface area contributed by atoms with Gasteiger partial charge in [-0.3, -0.25) is 0 Å². The first-order valence-electron chi connectivity index (χ1n) is 22.6. The minimum absolute atomic E-state index is 0.628. The Bertz CT molecular complexity index is 2070. The Balaban J connectivity index is 0.000000367. The molecule has 0 fully saturated rings. The van der Waals surface area contributed by atoms with Gasteiger partial charge < -0.3 is 0 Å². The second kappa shape index (κ2) is 31.5. The maximum Gasteiger partial charge on any atom is 0.0377 e. The molecule has 0 spiro atoms. The van der Waals surface area contributed by atoms with Crippen molar-refractivity contribution in [3.8, 4) is 0 Å². The van der Waals surface area contributed by atoms with E-state index in [0.717, 1.165) is 0 Å². The van der Waals surface area contributed by atoms with Gasteiger partial charge in [-0.2, -0.15) is 0 Å². The Morgan fingerprint density at radius 2 is 0.800 bits per heavy atom. The topological polar surface area (TPSA) is 0 Å². The molecule has 0 N–H and O–H groups in total. The monoisotopic (exact) mass is 881 g/mol. The smallest absolute Gasteiger partial charge is 0.0377 e. The number of fused-ring (bicyclic) bond motifs is 4.